The fourth-order valence-electron chi connectivity index (χ4n) is 1.97. The van der Waals surface area contributed by atoms with Crippen LogP contribution in [0.4, 0.5) is 0 Å². The first-order valence-corrected chi connectivity index (χ1v) is 6.94. The maximum absolute atomic E-state index is 11.9. The number of nitrogens with one attached hydrogen (secondary N) is 1. The van der Waals surface area contributed by atoms with Crippen molar-refractivity contribution >= 4 is 23.6 Å². The molecule has 0 fully saturated rings. The van der Waals surface area contributed by atoms with Crippen LogP contribution in [0.1, 0.15) is 29.8 Å². The number of halogens is 1. The zero-order valence-electron chi connectivity index (χ0n) is 12.2. The Bertz CT molecular complexity index is 664. The first kappa shape index (κ1) is 15.3. The molecule has 0 saturated heterocycles. The molecule has 1 amide bonds. The summed E-state index contributed by atoms with van der Waals surface area (Å²) in [4.78, 5) is 16.0. The van der Waals surface area contributed by atoms with Gasteiger partial charge in [-0.05, 0) is 31.6 Å². The van der Waals surface area contributed by atoms with Crippen LogP contribution in [-0.4, -0.2) is 20.7 Å². The van der Waals surface area contributed by atoms with Crippen LogP contribution in [-0.2, 0) is 11.8 Å². The number of carbonyl (C=O) groups is 1. The predicted octanol–water partition coefficient (Wildman–Crippen LogP) is 2.67. The Kier molecular flexibility index (Phi) is 4.75. The molecule has 2 aromatic rings. The second kappa shape index (κ2) is 6.54. The molecule has 0 aliphatic carbocycles. The lowest BCUT2D eigenvalue weighted by atomic mass is 10.1. The van der Waals surface area contributed by atoms with Crippen LogP contribution in [0, 0.1) is 6.92 Å². The number of aromatic nitrogens is 3. The number of carbonyl (C=O) groups excluding carboxylic acids is 1. The highest BCUT2D eigenvalue weighted by Gasteiger charge is 2.10. The van der Waals surface area contributed by atoms with E-state index in [0.29, 0.717) is 5.15 Å². The van der Waals surface area contributed by atoms with Gasteiger partial charge in [-0.25, -0.2) is 0 Å². The van der Waals surface area contributed by atoms with Gasteiger partial charge in [0.15, 0.2) is 0 Å². The van der Waals surface area contributed by atoms with Gasteiger partial charge in [0, 0.05) is 31.1 Å². The molecule has 0 bridgehead atoms. The lowest BCUT2D eigenvalue weighted by Gasteiger charge is -2.11. The van der Waals surface area contributed by atoms with Crippen molar-refractivity contribution in [2.45, 2.75) is 19.9 Å². The molecule has 0 aliphatic rings. The second-order valence-corrected chi connectivity index (χ2v) is 5.12. The van der Waals surface area contributed by atoms with Gasteiger partial charge in [-0.3, -0.25) is 14.5 Å². The summed E-state index contributed by atoms with van der Waals surface area (Å²) < 4.78 is 1.58. The maximum Gasteiger partial charge on any atom is 0.244 e. The smallest absolute Gasteiger partial charge is 0.244 e. The van der Waals surface area contributed by atoms with Crippen molar-refractivity contribution < 1.29 is 4.79 Å². The van der Waals surface area contributed by atoms with E-state index in [1.165, 1.54) is 6.08 Å². The minimum atomic E-state index is -0.189. The van der Waals surface area contributed by atoms with Gasteiger partial charge in [0.1, 0.15) is 5.15 Å². The van der Waals surface area contributed by atoms with Crippen LogP contribution >= 0.6 is 11.6 Å². The Hall–Kier alpha value is -2.14. The Balaban J connectivity index is 2.03. The fourth-order valence-corrected chi connectivity index (χ4v) is 2.21. The summed E-state index contributed by atoms with van der Waals surface area (Å²) in [5, 5.41) is 7.58. The Morgan fingerprint density at radius 2 is 2.29 bits per heavy atom. The molecule has 110 valence electrons. The molecule has 5 nitrogen and oxygen atoms in total. The number of rotatable bonds is 4. The van der Waals surface area contributed by atoms with E-state index in [2.05, 4.69) is 15.4 Å². The van der Waals surface area contributed by atoms with E-state index in [9.17, 15) is 4.79 Å². The highest BCUT2D eigenvalue weighted by atomic mass is 35.5. The minimum absolute atomic E-state index is 0.110. The largest absolute Gasteiger partial charge is 0.346 e. The first-order valence-electron chi connectivity index (χ1n) is 6.56. The van der Waals surface area contributed by atoms with Gasteiger partial charge in [0.05, 0.1) is 11.7 Å². The van der Waals surface area contributed by atoms with Crippen molar-refractivity contribution in [1.29, 1.82) is 0 Å². The van der Waals surface area contributed by atoms with Crippen LogP contribution in [0.25, 0.3) is 6.08 Å². The van der Waals surface area contributed by atoms with Gasteiger partial charge in [-0.15, -0.1) is 0 Å². The van der Waals surface area contributed by atoms with Crippen LogP contribution in [0.3, 0.4) is 0 Å². The van der Waals surface area contributed by atoms with Crippen molar-refractivity contribution in [2.75, 3.05) is 0 Å². The lowest BCUT2D eigenvalue weighted by molar-refractivity contribution is -0.117. The van der Waals surface area contributed by atoms with E-state index in [-0.39, 0.29) is 11.9 Å². The van der Waals surface area contributed by atoms with E-state index < -0.39 is 0 Å². The normalized spacial score (nSPS) is 12.6. The van der Waals surface area contributed by atoms with Gasteiger partial charge in [-0.1, -0.05) is 17.7 Å². The third-order valence-corrected chi connectivity index (χ3v) is 3.59. The molecule has 2 rings (SSSR count). The van der Waals surface area contributed by atoms with Crippen molar-refractivity contribution in [3.63, 3.8) is 0 Å². The lowest BCUT2D eigenvalue weighted by Crippen LogP contribution is -2.24. The standard InChI is InChI=1S/C15H17ClN4O/c1-10(12-5-4-8-17-9-12)18-14(21)7-6-13-11(2)19-20(3)15(13)16/h4-10H,1-3H3,(H,18,21)/b7-6+. The highest BCUT2D eigenvalue weighted by molar-refractivity contribution is 6.31. The van der Waals surface area contributed by atoms with E-state index in [1.807, 2.05) is 26.0 Å². The zero-order chi connectivity index (χ0) is 15.4. The summed E-state index contributed by atoms with van der Waals surface area (Å²) in [5.74, 6) is -0.189. The van der Waals surface area contributed by atoms with Gasteiger partial charge in [0.25, 0.3) is 0 Å². The number of aryl methyl sites for hydroxylation is 2. The Labute approximate surface area is 128 Å². The molecule has 21 heavy (non-hydrogen) atoms. The summed E-state index contributed by atoms with van der Waals surface area (Å²) in [6.07, 6.45) is 6.57. The van der Waals surface area contributed by atoms with Crippen molar-refractivity contribution in [3.8, 4) is 0 Å². The maximum atomic E-state index is 11.9. The molecule has 1 N–H and O–H groups in total. The molecule has 2 aromatic heterocycles. The van der Waals surface area contributed by atoms with Gasteiger partial charge in [0.2, 0.25) is 5.91 Å². The molecule has 6 heteroatoms. The number of pyridine rings is 1. The van der Waals surface area contributed by atoms with Crippen molar-refractivity contribution in [2.24, 2.45) is 7.05 Å². The summed E-state index contributed by atoms with van der Waals surface area (Å²) in [5.41, 5.74) is 2.49. The molecule has 1 atom stereocenters. The molecule has 2 heterocycles. The topological polar surface area (TPSA) is 59.8 Å². The van der Waals surface area contributed by atoms with Crippen LogP contribution in [0.5, 0.6) is 0 Å². The fraction of sp³-hybridized carbons (Fsp3) is 0.267. The summed E-state index contributed by atoms with van der Waals surface area (Å²) in [6.45, 7) is 3.76. The third kappa shape index (κ3) is 3.70. The molecule has 0 aromatic carbocycles. The number of nitrogens with zero attached hydrogens (tertiary/aromatic N) is 3. The number of hydrogen-bond donors (Lipinski definition) is 1. The number of amides is 1. The second-order valence-electron chi connectivity index (χ2n) is 4.76. The predicted molar refractivity (Wildman–Crippen MR) is 82.8 cm³/mol. The van der Waals surface area contributed by atoms with Crippen molar-refractivity contribution in [1.82, 2.24) is 20.1 Å². The molecule has 0 radical (unpaired) electrons. The molecular weight excluding hydrogens is 288 g/mol. The highest BCUT2D eigenvalue weighted by Crippen LogP contribution is 2.20. The first-order chi connectivity index (χ1) is 9.99. The van der Waals surface area contributed by atoms with Gasteiger partial charge >= 0.3 is 0 Å². The molecule has 1 unspecified atom stereocenters. The Morgan fingerprint density at radius 1 is 1.52 bits per heavy atom. The molecule has 0 aliphatic heterocycles. The van der Waals surface area contributed by atoms with Crippen LogP contribution in [0.15, 0.2) is 30.6 Å². The summed E-state index contributed by atoms with van der Waals surface area (Å²) >= 11 is 6.11. The van der Waals surface area contributed by atoms with E-state index in [0.717, 1.165) is 16.8 Å². The minimum Gasteiger partial charge on any atom is -0.346 e. The number of hydrogen-bond acceptors (Lipinski definition) is 3. The van der Waals surface area contributed by atoms with E-state index in [1.54, 1.807) is 30.2 Å². The quantitative estimate of drug-likeness (QED) is 0.883. The third-order valence-electron chi connectivity index (χ3n) is 3.14. The Morgan fingerprint density at radius 3 is 2.86 bits per heavy atom. The molecule has 0 saturated carbocycles. The van der Waals surface area contributed by atoms with Crippen molar-refractivity contribution in [3.05, 3.63) is 52.6 Å². The summed E-state index contributed by atoms with van der Waals surface area (Å²) in [7, 11) is 1.76. The van der Waals surface area contributed by atoms with Crippen LogP contribution < -0.4 is 5.32 Å². The van der Waals surface area contributed by atoms with Gasteiger partial charge in [-0.2, -0.15) is 5.10 Å². The SMILES string of the molecule is Cc1nn(C)c(Cl)c1/C=C/C(=O)NC(C)c1cccnc1. The van der Waals surface area contributed by atoms with E-state index >= 15 is 0 Å². The molecule has 0 spiro atoms. The average Bonchev–Trinajstić information content (AvgIpc) is 2.71. The average molecular weight is 305 g/mol. The summed E-state index contributed by atoms with van der Waals surface area (Å²) in [6, 6.07) is 3.65. The monoisotopic (exact) mass is 304 g/mol. The molecular formula is C15H17ClN4O. The van der Waals surface area contributed by atoms with E-state index in [4.69, 9.17) is 11.6 Å². The van der Waals surface area contributed by atoms with Gasteiger partial charge < -0.3 is 5.32 Å². The zero-order valence-corrected chi connectivity index (χ0v) is 12.9. The van der Waals surface area contributed by atoms with Crippen LogP contribution in [0.2, 0.25) is 5.15 Å².